The van der Waals surface area contributed by atoms with Gasteiger partial charge in [-0.05, 0) is 24.3 Å². The lowest BCUT2D eigenvalue weighted by Crippen LogP contribution is -2.49. The number of nitrogens with one attached hydrogen (secondary N) is 1. The van der Waals surface area contributed by atoms with Gasteiger partial charge in [0.2, 0.25) is 10.0 Å². The van der Waals surface area contributed by atoms with E-state index in [1.165, 1.54) is 10.5 Å². The molecule has 26 heavy (non-hydrogen) atoms. The minimum Gasteiger partial charge on any atom is -0.353 e. The van der Waals surface area contributed by atoms with Gasteiger partial charge in [-0.25, -0.2) is 18.4 Å². The number of anilines is 1. The van der Waals surface area contributed by atoms with Crippen LogP contribution in [0.4, 0.5) is 5.82 Å². The summed E-state index contributed by atoms with van der Waals surface area (Å²) in [4.78, 5) is 13.5. The van der Waals surface area contributed by atoms with Crippen molar-refractivity contribution in [3.8, 4) is 6.07 Å². The van der Waals surface area contributed by atoms with E-state index >= 15 is 0 Å². The van der Waals surface area contributed by atoms with Crippen LogP contribution in [0.2, 0.25) is 0 Å². The smallest absolute Gasteiger partial charge is 0.245 e. The zero-order valence-electron chi connectivity index (χ0n) is 13.8. The second-order valence-corrected chi connectivity index (χ2v) is 7.84. The summed E-state index contributed by atoms with van der Waals surface area (Å²) in [6, 6.07) is 9.02. The predicted molar refractivity (Wildman–Crippen MR) is 96.0 cm³/mol. The summed E-state index contributed by atoms with van der Waals surface area (Å²) in [6.45, 7) is 1.62. The van der Waals surface area contributed by atoms with Gasteiger partial charge < -0.3 is 9.88 Å². The van der Waals surface area contributed by atoms with E-state index in [0.717, 1.165) is 0 Å². The Morgan fingerprint density at radius 1 is 1.08 bits per heavy atom. The first-order valence-corrected chi connectivity index (χ1v) is 9.57. The molecule has 3 aromatic rings. The van der Waals surface area contributed by atoms with Crippen LogP contribution in [0.25, 0.3) is 11.0 Å². The minimum absolute atomic E-state index is 0.240. The van der Waals surface area contributed by atoms with Crippen LogP contribution in [0.5, 0.6) is 0 Å². The molecule has 0 unspecified atom stereocenters. The van der Waals surface area contributed by atoms with E-state index in [1.807, 2.05) is 4.90 Å². The van der Waals surface area contributed by atoms with E-state index < -0.39 is 10.0 Å². The second kappa shape index (κ2) is 6.40. The molecule has 0 spiro atoms. The molecular weight excluding hydrogens is 352 g/mol. The van der Waals surface area contributed by atoms with Crippen LogP contribution in [0.15, 0.2) is 47.8 Å². The van der Waals surface area contributed by atoms with Crippen molar-refractivity contribution < 1.29 is 8.42 Å². The molecule has 3 aromatic heterocycles. The summed E-state index contributed by atoms with van der Waals surface area (Å²) in [6.07, 6.45) is 4.75. The lowest BCUT2D eigenvalue weighted by Gasteiger charge is -2.34. The Morgan fingerprint density at radius 3 is 2.58 bits per heavy atom. The lowest BCUT2D eigenvalue weighted by atomic mass is 10.2. The topological polar surface area (TPSA) is 106 Å². The van der Waals surface area contributed by atoms with Gasteiger partial charge in [0.15, 0.2) is 0 Å². The highest BCUT2D eigenvalue weighted by Gasteiger charge is 2.31. The predicted octanol–water partition coefficient (Wildman–Crippen LogP) is 1.34. The van der Waals surface area contributed by atoms with Crippen LogP contribution in [0.3, 0.4) is 0 Å². The molecule has 0 aliphatic carbocycles. The number of piperazine rings is 1. The van der Waals surface area contributed by atoms with Gasteiger partial charge >= 0.3 is 0 Å². The van der Waals surface area contributed by atoms with Gasteiger partial charge in [0, 0.05) is 50.2 Å². The van der Waals surface area contributed by atoms with Crippen LogP contribution in [-0.2, 0) is 10.0 Å². The maximum atomic E-state index is 13.0. The molecule has 0 aromatic carbocycles. The zero-order valence-corrected chi connectivity index (χ0v) is 14.6. The highest BCUT2D eigenvalue weighted by Crippen LogP contribution is 2.26. The first-order valence-electron chi connectivity index (χ1n) is 8.13. The maximum Gasteiger partial charge on any atom is 0.245 e. The fraction of sp³-hybridized carbons (Fsp3) is 0.235. The molecule has 1 N–H and O–H groups in total. The number of sulfonamides is 1. The van der Waals surface area contributed by atoms with Crippen molar-refractivity contribution in [3.63, 3.8) is 0 Å². The van der Waals surface area contributed by atoms with Crippen molar-refractivity contribution in [1.29, 1.82) is 5.26 Å². The monoisotopic (exact) mass is 368 g/mol. The number of fused-ring (bicyclic) bond motifs is 1. The number of rotatable bonds is 3. The Balaban J connectivity index is 1.57. The molecule has 0 bridgehead atoms. The van der Waals surface area contributed by atoms with Crippen LogP contribution >= 0.6 is 0 Å². The van der Waals surface area contributed by atoms with Gasteiger partial charge in [0.25, 0.3) is 0 Å². The number of pyridine rings is 2. The molecule has 9 heteroatoms. The highest BCUT2D eigenvalue weighted by atomic mass is 32.2. The molecule has 132 valence electrons. The zero-order chi connectivity index (χ0) is 18.1. The summed E-state index contributed by atoms with van der Waals surface area (Å²) in [5.41, 5.74) is 1.04. The molecule has 0 amide bonds. The Bertz CT molecular complexity index is 1090. The van der Waals surface area contributed by atoms with E-state index in [2.05, 4.69) is 21.0 Å². The molecule has 0 radical (unpaired) electrons. The molecule has 1 aliphatic rings. The van der Waals surface area contributed by atoms with E-state index in [0.29, 0.717) is 48.6 Å². The lowest BCUT2D eigenvalue weighted by molar-refractivity contribution is 0.384. The normalized spacial score (nSPS) is 15.9. The van der Waals surface area contributed by atoms with Crippen molar-refractivity contribution in [2.75, 3.05) is 31.1 Å². The average Bonchev–Trinajstić information content (AvgIpc) is 3.13. The standard InChI is InChI=1S/C17H16N6O2S/c18-11-13-3-1-6-20-17(13)22-7-9-23(10-8-22)26(24,25)15-12-21-16-14(15)4-2-5-19-16/h1-6,12H,7-10H2,(H,19,21). The Kier molecular flexibility index (Phi) is 4.06. The van der Waals surface area contributed by atoms with Gasteiger partial charge in [0.05, 0.1) is 5.56 Å². The van der Waals surface area contributed by atoms with Crippen molar-refractivity contribution in [3.05, 3.63) is 48.4 Å². The molecule has 1 aliphatic heterocycles. The number of hydrogen-bond donors (Lipinski definition) is 1. The first-order chi connectivity index (χ1) is 12.6. The average molecular weight is 368 g/mol. The van der Waals surface area contributed by atoms with Crippen molar-refractivity contribution in [2.24, 2.45) is 0 Å². The number of H-pyrrole nitrogens is 1. The first kappa shape index (κ1) is 16.5. The van der Waals surface area contributed by atoms with E-state index in [9.17, 15) is 13.7 Å². The van der Waals surface area contributed by atoms with Crippen LogP contribution < -0.4 is 4.90 Å². The highest BCUT2D eigenvalue weighted by molar-refractivity contribution is 7.89. The Morgan fingerprint density at radius 2 is 1.81 bits per heavy atom. The molecule has 4 rings (SSSR count). The van der Waals surface area contributed by atoms with Gasteiger partial charge in [-0.15, -0.1) is 0 Å². The summed E-state index contributed by atoms with van der Waals surface area (Å²) in [7, 11) is -3.62. The van der Waals surface area contributed by atoms with Gasteiger partial charge in [-0.2, -0.15) is 9.57 Å². The molecule has 1 saturated heterocycles. The summed E-state index contributed by atoms with van der Waals surface area (Å²) in [5.74, 6) is 0.600. The molecule has 4 heterocycles. The molecule has 0 atom stereocenters. The molecule has 8 nitrogen and oxygen atoms in total. The maximum absolute atomic E-state index is 13.0. The van der Waals surface area contributed by atoms with E-state index in [1.54, 1.807) is 36.7 Å². The number of nitrogens with zero attached hydrogens (tertiary/aromatic N) is 5. The fourth-order valence-corrected chi connectivity index (χ4v) is 4.73. The van der Waals surface area contributed by atoms with Crippen LogP contribution in [-0.4, -0.2) is 53.9 Å². The summed E-state index contributed by atoms with van der Waals surface area (Å²) in [5, 5.41) is 9.81. The van der Waals surface area contributed by atoms with E-state index in [-0.39, 0.29) is 4.90 Å². The molecule has 1 fully saturated rings. The van der Waals surface area contributed by atoms with Crippen molar-refractivity contribution in [2.45, 2.75) is 4.90 Å². The van der Waals surface area contributed by atoms with Crippen LogP contribution in [0, 0.1) is 11.3 Å². The van der Waals surface area contributed by atoms with Gasteiger partial charge in [-0.3, -0.25) is 0 Å². The third-order valence-electron chi connectivity index (χ3n) is 4.48. The number of aromatic nitrogens is 3. The van der Waals surface area contributed by atoms with Crippen LogP contribution in [0.1, 0.15) is 5.56 Å². The Labute approximate surface area is 150 Å². The quantitative estimate of drug-likeness (QED) is 0.748. The third-order valence-corrected chi connectivity index (χ3v) is 6.41. The van der Waals surface area contributed by atoms with Crippen molar-refractivity contribution in [1.82, 2.24) is 19.3 Å². The third kappa shape index (κ3) is 2.69. The minimum atomic E-state index is -3.62. The van der Waals surface area contributed by atoms with E-state index in [4.69, 9.17) is 0 Å². The summed E-state index contributed by atoms with van der Waals surface area (Å²) >= 11 is 0. The number of nitriles is 1. The summed E-state index contributed by atoms with van der Waals surface area (Å²) < 4.78 is 27.5. The SMILES string of the molecule is N#Cc1cccnc1N1CCN(S(=O)(=O)c2c[nH]c3ncccc23)CC1. The molecule has 0 saturated carbocycles. The van der Waals surface area contributed by atoms with Gasteiger partial charge in [-0.1, -0.05) is 0 Å². The number of aromatic amines is 1. The van der Waals surface area contributed by atoms with Gasteiger partial charge in [0.1, 0.15) is 22.4 Å². The molecular formula is C17H16N6O2S. The fourth-order valence-electron chi connectivity index (χ4n) is 3.16. The Hall–Kier alpha value is -2.96. The number of hydrogen-bond acceptors (Lipinski definition) is 6. The van der Waals surface area contributed by atoms with Crippen molar-refractivity contribution >= 4 is 26.9 Å². The second-order valence-electron chi connectivity index (χ2n) is 5.93. The largest absolute Gasteiger partial charge is 0.353 e.